The fourth-order valence-electron chi connectivity index (χ4n) is 4.13. The Balaban J connectivity index is 1.52. The maximum atomic E-state index is 12.8. The molecule has 1 aliphatic carbocycles. The standard InChI is InChI=1S/C23H33N3O3/c1-16(2)14-19-21(23(19,3)4)22(28)25(5)15-20(27)24-17-6-8-18(9-7-17)26-10-12-29-13-11-26/h6-9,14,19,21H,10-13,15H2,1-5H3,(H,24,27). The van der Waals surface area contributed by atoms with Crippen LogP contribution >= 0.6 is 0 Å². The van der Waals surface area contributed by atoms with Crippen LogP contribution in [0.3, 0.4) is 0 Å². The van der Waals surface area contributed by atoms with Crippen LogP contribution in [0.25, 0.3) is 0 Å². The van der Waals surface area contributed by atoms with Gasteiger partial charge in [-0.3, -0.25) is 9.59 Å². The minimum absolute atomic E-state index is 0.0373. The second kappa shape index (κ2) is 8.57. The molecule has 1 aromatic rings. The number of hydrogen-bond donors (Lipinski definition) is 1. The third kappa shape index (κ3) is 4.99. The van der Waals surface area contributed by atoms with Crippen molar-refractivity contribution >= 4 is 23.2 Å². The van der Waals surface area contributed by atoms with E-state index < -0.39 is 0 Å². The van der Waals surface area contributed by atoms with Gasteiger partial charge in [-0.15, -0.1) is 0 Å². The highest BCUT2D eigenvalue weighted by Gasteiger charge is 2.61. The lowest BCUT2D eigenvalue weighted by molar-refractivity contribution is -0.135. The van der Waals surface area contributed by atoms with Gasteiger partial charge in [0, 0.05) is 31.5 Å². The molecule has 1 N–H and O–H groups in total. The fraction of sp³-hybridized carbons (Fsp3) is 0.565. The third-order valence-corrected chi connectivity index (χ3v) is 5.97. The van der Waals surface area contributed by atoms with Gasteiger partial charge in [-0.25, -0.2) is 0 Å². The third-order valence-electron chi connectivity index (χ3n) is 5.97. The van der Waals surface area contributed by atoms with Crippen molar-refractivity contribution in [2.24, 2.45) is 17.3 Å². The van der Waals surface area contributed by atoms with Crippen molar-refractivity contribution < 1.29 is 14.3 Å². The van der Waals surface area contributed by atoms with Crippen LogP contribution in [0.15, 0.2) is 35.9 Å². The number of benzene rings is 1. The summed E-state index contributed by atoms with van der Waals surface area (Å²) < 4.78 is 5.38. The molecule has 6 heteroatoms. The number of allylic oxidation sites excluding steroid dienone is 2. The van der Waals surface area contributed by atoms with Gasteiger partial charge in [0.2, 0.25) is 11.8 Å². The van der Waals surface area contributed by atoms with E-state index in [2.05, 4.69) is 44.0 Å². The summed E-state index contributed by atoms with van der Waals surface area (Å²) in [6.45, 7) is 11.6. The van der Waals surface area contributed by atoms with Crippen LogP contribution in [0.5, 0.6) is 0 Å². The quantitative estimate of drug-likeness (QED) is 0.747. The Morgan fingerprint density at radius 1 is 1.21 bits per heavy atom. The highest BCUT2D eigenvalue weighted by molar-refractivity contribution is 5.95. The predicted octanol–water partition coefficient (Wildman–Crippen LogP) is 3.16. The van der Waals surface area contributed by atoms with Crippen molar-refractivity contribution in [1.82, 2.24) is 4.90 Å². The molecule has 1 aliphatic heterocycles. The first-order valence-corrected chi connectivity index (χ1v) is 10.3. The molecule has 2 unspecified atom stereocenters. The van der Waals surface area contributed by atoms with E-state index in [4.69, 9.17) is 4.74 Å². The highest BCUT2D eigenvalue weighted by Crippen LogP contribution is 2.59. The van der Waals surface area contributed by atoms with Gasteiger partial charge >= 0.3 is 0 Å². The first-order chi connectivity index (χ1) is 13.7. The van der Waals surface area contributed by atoms with Crippen molar-refractivity contribution in [3.05, 3.63) is 35.9 Å². The van der Waals surface area contributed by atoms with E-state index in [1.807, 2.05) is 24.3 Å². The van der Waals surface area contributed by atoms with E-state index in [1.54, 1.807) is 11.9 Å². The maximum Gasteiger partial charge on any atom is 0.243 e. The number of likely N-dealkylation sites (N-methyl/N-ethyl adjacent to an activating group) is 1. The van der Waals surface area contributed by atoms with Crippen LogP contribution in [0.2, 0.25) is 0 Å². The van der Waals surface area contributed by atoms with Gasteiger partial charge in [-0.2, -0.15) is 0 Å². The second-order valence-corrected chi connectivity index (χ2v) is 8.96. The fourth-order valence-corrected chi connectivity index (χ4v) is 4.13. The van der Waals surface area contributed by atoms with E-state index in [0.29, 0.717) is 0 Å². The number of carbonyl (C=O) groups excluding carboxylic acids is 2. The van der Waals surface area contributed by atoms with Gasteiger partial charge in [0.15, 0.2) is 0 Å². The Morgan fingerprint density at radius 3 is 2.41 bits per heavy atom. The number of morpholine rings is 1. The Labute approximate surface area is 173 Å². The number of nitrogens with one attached hydrogen (secondary N) is 1. The molecule has 1 aromatic carbocycles. The van der Waals surface area contributed by atoms with Gasteiger partial charge in [-0.1, -0.05) is 25.5 Å². The molecule has 1 heterocycles. The number of anilines is 2. The smallest absolute Gasteiger partial charge is 0.243 e. The molecule has 0 radical (unpaired) electrons. The molecule has 2 atom stereocenters. The highest BCUT2D eigenvalue weighted by atomic mass is 16.5. The summed E-state index contributed by atoms with van der Waals surface area (Å²) in [4.78, 5) is 29.1. The Hall–Kier alpha value is -2.34. The van der Waals surface area contributed by atoms with Crippen molar-refractivity contribution in [2.45, 2.75) is 27.7 Å². The monoisotopic (exact) mass is 399 g/mol. The molecular weight excluding hydrogens is 366 g/mol. The lowest BCUT2D eigenvalue weighted by Gasteiger charge is -2.28. The maximum absolute atomic E-state index is 12.8. The molecule has 1 saturated heterocycles. The van der Waals surface area contributed by atoms with Crippen molar-refractivity contribution in [3.8, 4) is 0 Å². The summed E-state index contributed by atoms with van der Waals surface area (Å²) >= 11 is 0. The summed E-state index contributed by atoms with van der Waals surface area (Å²) in [6, 6.07) is 7.82. The zero-order chi connectivity index (χ0) is 21.2. The minimum Gasteiger partial charge on any atom is -0.378 e. The average molecular weight is 400 g/mol. The average Bonchev–Trinajstić information content (AvgIpc) is 3.21. The lowest BCUT2D eigenvalue weighted by atomic mass is 10.1. The molecule has 29 heavy (non-hydrogen) atoms. The molecule has 0 spiro atoms. The van der Waals surface area contributed by atoms with E-state index in [1.165, 1.54) is 5.57 Å². The molecule has 158 valence electrons. The summed E-state index contributed by atoms with van der Waals surface area (Å²) in [5.74, 6) is 0.0498. The van der Waals surface area contributed by atoms with Gasteiger partial charge in [-0.05, 0) is 49.4 Å². The molecule has 6 nitrogen and oxygen atoms in total. The van der Waals surface area contributed by atoms with Crippen LogP contribution < -0.4 is 10.2 Å². The lowest BCUT2D eigenvalue weighted by Crippen LogP contribution is -2.37. The molecule has 1 saturated carbocycles. The SMILES string of the molecule is CC(C)=CC1C(C(=O)N(C)CC(=O)Nc2ccc(N3CCOCC3)cc2)C1(C)C. The minimum atomic E-state index is -0.183. The van der Waals surface area contributed by atoms with E-state index >= 15 is 0 Å². The number of rotatable bonds is 6. The zero-order valence-electron chi connectivity index (χ0n) is 18.2. The Bertz CT molecular complexity index is 775. The number of carbonyl (C=O) groups is 2. The van der Waals surface area contributed by atoms with E-state index in [9.17, 15) is 9.59 Å². The molecule has 2 amide bonds. The van der Waals surface area contributed by atoms with Crippen molar-refractivity contribution in [2.75, 3.05) is 50.1 Å². The molecule has 0 aromatic heterocycles. The largest absolute Gasteiger partial charge is 0.378 e. The van der Waals surface area contributed by atoms with E-state index in [0.717, 1.165) is 37.7 Å². The number of hydrogen-bond acceptors (Lipinski definition) is 4. The first kappa shape index (κ1) is 21.4. The summed E-state index contributed by atoms with van der Waals surface area (Å²) in [5.41, 5.74) is 3.04. The number of amides is 2. The van der Waals surface area contributed by atoms with Gasteiger partial charge in [0.1, 0.15) is 0 Å². The molecular formula is C23H33N3O3. The Morgan fingerprint density at radius 2 is 1.83 bits per heavy atom. The van der Waals surface area contributed by atoms with Crippen LogP contribution in [-0.4, -0.2) is 56.6 Å². The van der Waals surface area contributed by atoms with Crippen LogP contribution in [0.1, 0.15) is 27.7 Å². The molecule has 0 bridgehead atoms. The molecule has 2 aliphatic rings. The number of ether oxygens (including phenoxy) is 1. The van der Waals surface area contributed by atoms with Gasteiger partial charge < -0.3 is 19.9 Å². The van der Waals surface area contributed by atoms with Gasteiger partial charge in [0.25, 0.3) is 0 Å². The summed E-state index contributed by atoms with van der Waals surface area (Å²) in [7, 11) is 1.71. The normalized spacial score (nSPS) is 22.6. The Kier molecular flexibility index (Phi) is 6.32. The predicted molar refractivity (Wildman–Crippen MR) is 116 cm³/mol. The zero-order valence-corrected chi connectivity index (χ0v) is 18.2. The van der Waals surface area contributed by atoms with Crippen molar-refractivity contribution in [3.63, 3.8) is 0 Å². The first-order valence-electron chi connectivity index (χ1n) is 10.3. The topological polar surface area (TPSA) is 61.9 Å². The van der Waals surface area contributed by atoms with Crippen LogP contribution in [0.4, 0.5) is 11.4 Å². The van der Waals surface area contributed by atoms with Gasteiger partial charge in [0.05, 0.1) is 25.7 Å². The number of nitrogens with zero attached hydrogens (tertiary/aromatic N) is 2. The molecule has 3 rings (SSSR count). The molecule has 2 fully saturated rings. The summed E-state index contributed by atoms with van der Waals surface area (Å²) in [6.07, 6.45) is 2.17. The summed E-state index contributed by atoms with van der Waals surface area (Å²) in [5, 5.41) is 2.89. The van der Waals surface area contributed by atoms with Crippen molar-refractivity contribution in [1.29, 1.82) is 0 Å². The second-order valence-electron chi connectivity index (χ2n) is 8.96. The van der Waals surface area contributed by atoms with Crippen LogP contribution in [0, 0.1) is 17.3 Å². The van der Waals surface area contributed by atoms with Crippen LogP contribution in [-0.2, 0) is 14.3 Å². The van der Waals surface area contributed by atoms with E-state index in [-0.39, 0.29) is 35.6 Å².